The molecule has 2 atom stereocenters. The van der Waals surface area contributed by atoms with Crippen molar-refractivity contribution in [3.8, 4) is 5.75 Å². The van der Waals surface area contributed by atoms with E-state index in [4.69, 9.17) is 4.74 Å². The van der Waals surface area contributed by atoms with E-state index in [2.05, 4.69) is 0 Å². The first kappa shape index (κ1) is 17.7. The molecule has 1 aliphatic heterocycles. The molecule has 1 amide bonds. The van der Waals surface area contributed by atoms with Crippen LogP contribution in [0.3, 0.4) is 0 Å². The van der Waals surface area contributed by atoms with Crippen molar-refractivity contribution in [3.63, 3.8) is 0 Å². The smallest absolute Gasteiger partial charge is 0.302 e. The molecule has 0 saturated carbocycles. The summed E-state index contributed by atoms with van der Waals surface area (Å²) >= 11 is 0. The maximum Gasteiger partial charge on any atom is 0.302 e. The third kappa shape index (κ3) is 4.65. The zero-order chi connectivity index (χ0) is 17.0. The van der Waals surface area contributed by atoms with Crippen LogP contribution in [0.4, 0.5) is 3.89 Å². The number of methoxy groups -OCH3 is 1. The van der Waals surface area contributed by atoms with E-state index in [1.807, 2.05) is 0 Å². The highest BCUT2D eigenvalue weighted by Gasteiger charge is 2.36. The molecular formula is C15H20FNO5S. The van der Waals surface area contributed by atoms with E-state index in [9.17, 15) is 22.2 Å². The molecular weight excluding hydrogens is 325 g/mol. The largest absolute Gasteiger partial charge is 0.497 e. The Labute approximate surface area is 135 Å². The number of ether oxygens (including phenoxy) is 1. The molecule has 1 N–H and O–H groups in total. The van der Waals surface area contributed by atoms with Gasteiger partial charge in [-0.05, 0) is 24.1 Å². The number of carbonyl (C=O) groups is 1. The number of aliphatic hydroxyl groups is 1. The van der Waals surface area contributed by atoms with E-state index in [1.54, 1.807) is 31.4 Å². The minimum atomic E-state index is -4.61. The molecule has 1 heterocycles. The van der Waals surface area contributed by atoms with Crippen LogP contribution in [-0.4, -0.2) is 50.3 Å². The normalized spacial score (nSPS) is 19.9. The fourth-order valence-electron chi connectivity index (χ4n) is 2.95. The highest BCUT2D eigenvalue weighted by molar-refractivity contribution is 7.86. The first-order chi connectivity index (χ1) is 10.8. The van der Waals surface area contributed by atoms with Crippen molar-refractivity contribution in [3.05, 3.63) is 29.8 Å². The lowest BCUT2D eigenvalue weighted by atomic mass is 10.0. The summed E-state index contributed by atoms with van der Waals surface area (Å²) in [7, 11) is -3.06. The first-order valence-corrected chi connectivity index (χ1v) is 8.86. The third-order valence-electron chi connectivity index (χ3n) is 3.95. The molecule has 0 radical (unpaired) electrons. The molecule has 128 valence electrons. The van der Waals surface area contributed by atoms with Gasteiger partial charge < -0.3 is 14.7 Å². The van der Waals surface area contributed by atoms with Crippen molar-refractivity contribution in [1.29, 1.82) is 0 Å². The molecule has 6 nitrogen and oxygen atoms in total. The van der Waals surface area contributed by atoms with Gasteiger partial charge >= 0.3 is 10.2 Å². The SMILES string of the molecule is COc1ccc(C(CCO)N2CC(CS(=O)(=O)F)CC2=O)cc1. The summed E-state index contributed by atoms with van der Waals surface area (Å²) in [5.74, 6) is -0.764. The van der Waals surface area contributed by atoms with Crippen LogP contribution in [-0.2, 0) is 15.0 Å². The number of amides is 1. The van der Waals surface area contributed by atoms with Crippen LogP contribution in [0.2, 0.25) is 0 Å². The van der Waals surface area contributed by atoms with E-state index in [-0.39, 0.29) is 31.5 Å². The van der Waals surface area contributed by atoms with Gasteiger partial charge in [0.15, 0.2) is 0 Å². The summed E-state index contributed by atoms with van der Waals surface area (Å²) in [4.78, 5) is 13.7. The minimum Gasteiger partial charge on any atom is -0.497 e. The highest BCUT2D eigenvalue weighted by atomic mass is 32.3. The Morgan fingerprint density at radius 1 is 1.39 bits per heavy atom. The standard InChI is InChI=1S/C15H20FNO5S/c1-22-13-4-2-12(3-5-13)14(6-7-18)17-9-11(8-15(17)19)10-23(16,20)21/h2-5,11,14,18H,6-10H2,1H3. The average Bonchev–Trinajstić information content (AvgIpc) is 2.83. The Hall–Kier alpha value is -1.67. The number of halogens is 1. The summed E-state index contributed by atoms with van der Waals surface area (Å²) in [5.41, 5.74) is 0.817. The Morgan fingerprint density at radius 3 is 2.57 bits per heavy atom. The topological polar surface area (TPSA) is 83.9 Å². The van der Waals surface area contributed by atoms with E-state index < -0.39 is 21.9 Å². The van der Waals surface area contributed by atoms with Crippen LogP contribution in [0, 0.1) is 5.92 Å². The quantitative estimate of drug-likeness (QED) is 0.752. The lowest BCUT2D eigenvalue weighted by molar-refractivity contribution is -0.130. The summed E-state index contributed by atoms with van der Waals surface area (Å²) in [6.07, 6.45) is 0.328. The number of aliphatic hydroxyl groups excluding tert-OH is 1. The molecule has 0 bridgehead atoms. The number of nitrogens with zero attached hydrogens (tertiary/aromatic N) is 1. The molecule has 0 aliphatic carbocycles. The van der Waals surface area contributed by atoms with Crippen molar-refractivity contribution in [2.45, 2.75) is 18.9 Å². The lowest BCUT2D eigenvalue weighted by Gasteiger charge is -2.28. The Kier molecular flexibility index (Phi) is 5.59. The molecule has 1 saturated heterocycles. The Balaban J connectivity index is 2.18. The van der Waals surface area contributed by atoms with Gasteiger partial charge in [0.25, 0.3) is 0 Å². The summed E-state index contributed by atoms with van der Waals surface area (Å²) < 4.78 is 39.5. The first-order valence-electron chi connectivity index (χ1n) is 7.30. The fourth-order valence-corrected chi connectivity index (χ4v) is 3.74. The second-order valence-corrected chi connectivity index (χ2v) is 7.03. The minimum absolute atomic E-state index is 0.00122. The van der Waals surface area contributed by atoms with Crippen LogP contribution >= 0.6 is 0 Å². The zero-order valence-electron chi connectivity index (χ0n) is 12.8. The maximum atomic E-state index is 12.8. The van der Waals surface area contributed by atoms with Gasteiger partial charge in [-0.3, -0.25) is 4.79 Å². The van der Waals surface area contributed by atoms with Crippen molar-refractivity contribution < 1.29 is 26.9 Å². The van der Waals surface area contributed by atoms with Crippen LogP contribution in [0.5, 0.6) is 5.75 Å². The Bertz CT molecular complexity index is 646. The second-order valence-electron chi connectivity index (χ2n) is 5.62. The molecule has 1 aliphatic rings. The number of hydrogen-bond donors (Lipinski definition) is 1. The molecule has 0 aromatic heterocycles. The molecule has 1 aromatic carbocycles. The monoisotopic (exact) mass is 345 g/mol. The van der Waals surface area contributed by atoms with Gasteiger partial charge in [-0.1, -0.05) is 12.1 Å². The van der Waals surface area contributed by atoms with Gasteiger partial charge in [0.1, 0.15) is 5.75 Å². The van der Waals surface area contributed by atoms with Crippen LogP contribution in [0.1, 0.15) is 24.4 Å². The van der Waals surface area contributed by atoms with Gasteiger partial charge in [0.05, 0.1) is 18.9 Å². The van der Waals surface area contributed by atoms with Crippen LogP contribution in [0.15, 0.2) is 24.3 Å². The number of benzene rings is 1. The predicted octanol–water partition coefficient (Wildman–Crippen LogP) is 1.27. The van der Waals surface area contributed by atoms with Gasteiger partial charge in [-0.15, -0.1) is 3.89 Å². The van der Waals surface area contributed by atoms with Crippen LogP contribution in [0.25, 0.3) is 0 Å². The van der Waals surface area contributed by atoms with E-state index in [0.717, 1.165) is 5.56 Å². The highest BCUT2D eigenvalue weighted by Crippen LogP contribution is 2.32. The number of hydrogen-bond acceptors (Lipinski definition) is 5. The summed E-state index contributed by atoms with van der Waals surface area (Å²) in [6, 6.07) is 6.73. The molecule has 0 spiro atoms. The number of carbonyl (C=O) groups excluding carboxylic acids is 1. The second kappa shape index (κ2) is 7.27. The maximum absolute atomic E-state index is 12.8. The molecule has 2 unspecified atom stereocenters. The number of likely N-dealkylation sites (tertiary alicyclic amines) is 1. The molecule has 2 rings (SSSR count). The van der Waals surface area contributed by atoms with Crippen molar-refractivity contribution in [2.24, 2.45) is 5.92 Å². The molecule has 8 heteroatoms. The lowest BCUT2D eigenvalue weighted by Crippen LogP contribution is -2.31. The van der Waals surface area contributed by atoms with Crippen molar-refractivity contribution >= 4 is 16.1 Å². The molecule has 1 fully saturated rings. The molecule has 23 heavy (non-hydrogen) atoms. The molecule has 1 aromatic rings. The average molecular weight is 345 g/mol. The fraction of sp³-hybridized carbons (Fsp3) is 0.533. The summed E-state index contributed by atoms with van der Waals surface area (Å²) in [5, 5.41) is 9.28. The van der Waals surface area contributed by atoms with E-state index >= 15 is 0 Å². The van der Waals surface area contributed by atoms with Gasteiger partial charge in [0, 0.05) is 25.5 Å². The number of rotatable bonds is 7. The van der Waals surface area contributed by atoms with Crippen molar-refractivity contribution in [1.82, 2.24) is 4.90 Å². The van der Waals surface area contributed by atoms with E-state index in [0.29, 0.717) is 12.2 Å². The predicted molar refractivity (Wildman–Crippen MR) is 82.2 cm³/mol. The Morgan fingerprint density at radius 2 is 2.04 bits per heavy atom. The van der Waals surface area contributed by atoms with Gasteiger partial charge in [-0.2, -0.15) is 8.42 Å². The van der Waals surface area contributed by atoms with Gasteiger partial charge in [-0.25, -0.2) is 0 Å². The summed E-state index contributed by atoms with van der Waals surface area (Å²) in [6.45, 7) is 0.0469. The third-order valence-corrected chi connectivity index (χ3v) is 4.82. The van der Waals surface area contributed by atoms with Gasteiger partial charge in [0.2, 0.25) is 5.91 Å². The van der Waals surface area contributed by atoms with Crippen LogP contribution < -0.4 is 4.74 Å². The van der Waals surface area contributed by atoms with Crippen molar-refractivity contribution in [2.75, 3.05) is 26.0 Å². The zero-order valence-corrected chi connectivity index (χ0v) is 13.6. The van der Waals surface area contributed by atoms with E-state index in [1.165, 1.54) is 4.90 Å².